The summed E-state index contributed by atoms with van der Waals surface area (Å²) in [4.78, 5) is 14.7. The number of aromatic nitrogens is 2. The van der Waals surface area contributed by atoms with Gasteiger partial charge >= 0.3 is 0 Å². The molecule has 0 radical (unpaired) electrons. The summed E-state index contributed by atoms with van der Waals surface area (Å²) in [5.41, 5.74) is 3.19. The average Bonchev–Trinajstić information content (AvgIpc) is 2.89. The van der Waals surface area contributed by atoms with Gasteiger partial charge in [0.05, 0.1) is 4.90 Å². The number of sulfonamides is 1. The minimum absolute atomic E-state index is 0.0623. The molecule has 3 aromatic carbocycles. The van der Waals surface area contributed by atoms with E-state index < -0.39 is 10.0 Å². The first kappa shape index (κ1) is 23.9. The molecule has 0 unspecified atom stereocenters. The number of nitrogens with zero attached hydrogens (tertiary/aromatic N) is 3. The van der Waals surface area contributed by atoms with Crippen molar-refractivity contribution < 1.29 is 13.2 Å². The van der Waals surface area contributed by atoms with Gasteiger partial charge < -0.3 is 10.2 Å². The van der Waals surface area contributed by atoms with Gasteiger partial charge in [0.2, 0.25) is 10.0 Å². The zero-order chi connectivity index (χ0) is 25.3. The average molecular weight is 502 g/mol. The third kappa shape index (κ3) is 4.80. The van der Waals surface area contributed by atoms with Crippen molar-refractivity contribution in [2.24, 2.45) is 5.14 Å². The van der Waals surface area contributed by atoms with E-state index in [1.807, 2.05) is 59.5 Å². The van der Waals surface area contributed by atoms with Crippen molar-refractivity contribution in [2.75, 3.05) is 18.4 Å². The second kappa shape index (κ2) is 9.67. The molecule has 1 amide bonds. The Morgan fingerprint density at radius 2 is 1.61 bits per heavy atom. The van der Waals surface area contributed by atoms with Gasteiger partial charge in [-0.05, 0) is 62.1 Å². The van der Waals surface area contributed by atoms with E-state index in [9.17, 15) is 13.2 Å². The lowest BCUT2D eigenvalue weighted by Crippen LogP contribution is -2.35. The maximum absolute atomic E-state index is 12.8. The highest BCUT2D eigenvalue weighted by Crippen LogP contribution is 2.32. The molecule has 36 heavy (non-hydrogen) atoms. The molecule has 0 spiro atoms. The summed E-state index contributed by atoms with van der Waals surface area (Å²) in [5, 5.41) is 19.2. The number of benzene rings is 3. The van der Waals surface area contributed by atoms with Crippen LogP contribution in [0.25, 0.3) is 22.0 Å². The van der Waals surface area contributed by atoms with E-state index >= 15 is 0 Å². The van der Waals surface area contributed by atoms with Crippen LogP contribution in [-0.4, -0.2) is 42.5 Å². The Morgan fingerprint density at radius 1 is 0.917 bits per heavy atom. The molecule has 1 aliphatic heterocycles. The van der Waals surface area contributed by atoms with Gasteiger partial charge in [-0.3, -0.25) is 4.79 Å². The number of nitrogens with one attached hydrogen (secondary N) is 1. The first-order chi connectivity index (χ1) is 17.3. The number of carbonyl (C=O) groups is 1. The highest BCUT2D eigenvalue weighted by Gasteiger charge is 2.19. The number of anilines is 2. The summed E-state index contributed by atoms with van der Waals surface area (Å²) < 4.78 is 24.0. The lowest BCUT2D eigenvalue weighted by Gasteiger charge is -2.26. The molecule has 1 saturated heterocycles. The zero-order valence-electron chi connectivity index (χ0n) is 19.9. The number of rotatable bonds is 5. The first-order valence-electron chi connectivity index (χ1n) is 11.9. The topological polar surface area (TPSA) is 118 Å². The molecular weight excluding hydrogens is 474 g/mol. The van der Waals surface area contributed by atoms with E-state index in [1.165, 1.54) is 12.5 Å². The fourth-order valence-corrected chi connectivity index (χ4v) is 5.38. The van der Waals surface area contributed by atoms with Crippen LogP contribution in [0, 0.1) is 6.92 Å². The van der Waals surface area contributed by atoms with Gasteiger partial charge in [-0.15, -0.1) is 10.2 Å². The summed E-state index contributed by atoms with van der Waals surface area (Å²) in [6.45, 7) is 3.32. The second-order valence-corrected chi connectivity index (χ2v) is 10.6. The minimum atomic E-state index is -3.87. The van der Waals surface area contributed by atoms with Gasteiger partial charge in [0.1, 0.15) is 5.69 Å². The SMILES string of the molecule is Cc1ccc(-c2nnc(Nc3ccc(C(=O)N4CCCCC4)cc3)c3ccccc23)cc1S(N)(=O)=O. The molecule has 1 aromatic heterocycles. The molecule has 2 heterocycles. The minimum Gasteiger partial charge on any atom is -0.339 e. The highest BCUT2D eigenvalue weighted by molar-refractivity contribution is 7.89. The van der Waals surface area contributed by atoms with Gasteiger partial charge in [-0.25, -0.2) is 13.6 Å². The Balaban J connectivity index is 1.45. The molecule has 8 nitrogen and oxygen atoms in total. The van der Waals surface area contributed by atoms with Crippen LogP contribution in [0.4, 0.5) is 11.5 Å². The van der Waals surface area contributed by atoms with Gasteiger partial charge in [0.15, 0.2) is 5.82 Å². The number of carbonyl (C=O) groups excluding carboxylic acids is 1. The summed E-state index contributed by atoms with van der Waals surface area (Å²) in [7, 11) is -3.87. The predicted octanol–water partition coefficient (Wildman–Crippen LogP) is 4.62. The number of amides is 1. The molecule has 1 fully saturated rings. The number of piperidine rings is 1. The predicted molar refractivity (Wildman–Crippen MR) is 141 cm³/mol. The molecule has 0 aliphatic carbocycles. The van der Waals surface area contributed by atoms with E-state index in [1.54, 1.807) is 13.0 Å². The van der Waals surface area contributed by atoms with Gasteiger partial charge in [-0.2, -0.15) is 0 Å². The van der Waals surface area contributed by atoms with Crippen molar-refractivity contribution in [3.05, 3.63) is 77.9 Å². The molecule has 9 heteroatoms. The summed E-state index contributed by atoms with van der Waals surface area (Å²) in [6.07, 6.45) is 3.29. The Labute approximate surface area is 210 Å². The third-order valence-corrected chi connectivity index (χ3v) is 7.55. The molecule has 1 aliphatic rings. The lowest BCUT2D eigenvalue weighted by molar-refractivity contribution is 0.0724. The van der Waals surface area contributed by atoms with Crippen molar-refractivity contribution in [1.29, 1.82) is 0 Å². The van der Waals surface area contributed by atoms with Crippen LogP contribution in [0.2, 0.25) is 0 Å². The fourth-order valence-electron chi connectivity index (χ4n) is 4.58. The quantitative estimate of drug-likeness (QED) is 0.412. The second-order valence-electron chi connectivity index (χ2n) is 9.02. The smallest absolute Gasteiger partial charge is 0.253 e. The maximum Gasteiger partial charge on any atom is 0.253 e. The number of hydrogen-bond donors (Lipinski definition) is 2. The van der Waals surface area contributed by atoms with Crippen LogP contribution >= 0.6 is 0 Å². The number of nitrogens with two attached hydrogens (primary N) is 1. The van der Waals surface area contributed by atoms with Crippen LogP contribution in [-0.2, 0) is 10.0 Å². The highest BCUT2D eigenvalue weighted by atomic mass is 32.2. The molecule has 0 saturated carbocycles. The summed E-state index contributed by atoms with van der Waals surface area (Å²) in [6, 6.07) is 20.1. The number of aryl methyl sites for hydroxylation is 1. The number of hydrogen-bond acceptors (Lipinski definition) is 6. The van der Waals surface area contributed by atoms with E-state index in [2.05, 4.69) is 15.5 Å². The van der Waals surface area contributed by atoms with Crippen LogP contribution < -0.4 is 10.5 Å². The Bertz CT molecular complexity index is 1550. The number of likely N-dealkylation sites (tertiary alicyclic amines) is 1. The maximum atomic E-state index is 12.8. The zero-order valence-corrected chi connectivity index (χ0v) is 20.8. The molecule has 0 atom stereocenters. The summed E-state index contributed by atoms with van der Waals surface area (Å²) >= 11 is 0. The normalized spacial score (nSPS) is 14.1. The van der Waals surface area contributed by atoms with Crippen molar-refractivity contribution in [1.82, 2.24) is 15.1 Å². The van der Waals surface area contributed by atoms with Crippen LogP contribution in [0.15, 0.2) is 71.6 Å². The van der Waals surface area contributed by atoms with E-state index in [4.69, 9.17) is 5.14 Å². The van der Waals surface area contributed by atoms with E-state index in [0.29, 0.717) is 28.2 Å². The van der Waals surface area contributed by atoms with Gasteiger partial charge in [0.25, 0.3) is 5.91 Å². The molecule has 184 valence electrons. The monoisotopic (exact) mass is 501 g/mol. The van der Waals surface area contributed by atoms with Gasteiger partial charge in [0, 0.05) is 40.7 Å². The Morgan fingerprint density at radius 3 is 2.31 bits per heavy atom. The molecule has 3 N–H and O–H groups in total. The summed E-state index contributed by atoms with van der Waals surface area (Å²) in [5.74, 6) is 0.621. The number of fused-ring (bicyclic) bond motifs is 1. The molecular formula is C27H27N5O3S. The first-order valence-corrected chi connectivity index (χ1v) is 13.4. The van der Waals surface area contributed by atoms with Crippen LogP contribution in [0.1, 0.15) is 35.2 Å². The van der Waals surface area contributed by atoms with Crippen LogP contribution in [0.3, 0.4) is 0 Å². The van der Waals surface area contributed by atoms with Crippen LogP contribution in [0.5, 0.6) is 0 Å². The largest absolute Gasteiger partial charge is 0.339 e. The number of primary sulfonamides is 1. The molecule has 5 rings (SSSR count). The van der Waals surface area contributed by atoms with Gasteiger partial charge in [-0.1, -0.05) is 36.4 Å². The van der Waals surface area contributed by atoms with E-state index in [0.717, 1.165) is 42.4 Å². The standard InChI is InChI=1S/C27H27N5O3S/c1-18-9-10-20(17-24(18)36(28,34)35)25-22-7-3-4-8-23(22)26(31-30-25)29-21-13-11-19(12-14-21)27(33)32-15-5-2-6-16-32/h3-4,7-14,17H,2,5-6,15-16H2,1H3,(H,29,31)(H2,28,34,35). The fraction of sp³-hybridized carbons (Fsp3) is 0.222. The van der Waals surface area contributed by atoms with Crippen molar-refractivity contribution >= 4 is 38.2 Å². The third-order valence-electron chi connectivity index (χ3n) is 6.49. The van der Waals surface area contributed by atoms with Crippen molar-refractivity contribution in [2.45, 2.75) is 31.1 Å². The lowest BCUT2D eigenvalue weighted by atomic mass is 10.0. The van der Waals surface area contributed by atoms with E-state index in [-0.39, 0.29) is 10.8 Å². The molecule has 4 aromatic rings. The Kier molecular flexibility index (Phi) is 6.42. The molecule has 0 bridgehead atoms. The van der Waals surface area contributed by atoms with Crippen molar-refractivity contribution in [3.8, 4) is 11.3 Å². The van der Waals surface area contributed by atoms with Crippen molar-refractivity contribution in [3.63, 3.8) is 0 Å². The Hall–Kier alpha value is -3.82.